The number of hydrogen-bond donors (Lipinski definition) is 0. The fraction of sp³-hybridized carbons (Fsp3) is 0.130. The molecule has 0 unspecified atom stereocenters. The van der Waals surface area contributed by atoms with E-state index in [0.29, 0.717) is 32.7 Å². The second-order valence-electron chi connectivity index (χ2n) is 6.97. The number of aromatic nitrogens is 2. The van der Waals surface area contributed by atoms with E-state index in [0.717, 1.165) is 11.1 Å². The largest absolute Gasteiger partial charge is 0.335 e. The fourth-order valence-electron chi connectivity index (χ4n) is 3.43. The van der Waals surface area contributed by atoms with Crippen LogP contribution in [0.2, 0.25) is 5.02 Å². The van der Waals surface area contributed by atoms with Crippen LogP contribution in [0.4, 0.5) is 4.39 Å². The van der Waals surface area contributed by atoms with E-state index in [1.54, 1.807) is 42.9 Å². The Morgan fingerprint density at radius 3 is 2.43 bits per heavy atom. The zero-order valence-electron chi connectivity index (χ0n) is 15.8. The summed E-state index contributed by atoms with van der Waals surface area (Å²) in [5, 5.41) is 1.35. The first kappa shape index (κ1) is 18.4. The van der Waals surface area contributed by atoms with Gasteiger partial charge in [0.15, 0.2) is 5.78 Å². The van der Waals surface area contributed by atoms with Gasteiger partial charge in [0.2, 0.25) is 0 Å². The highest BCUT2D eigenvalue weighted by atomic mass is 35.5. The Morgan fingerprint density at radius 2 is 1.71 bits per heavy atom. The van der Waals surface area contributed by atoms with E-state index in [4.69, 9.17) is 11.6 Å². The minimum Gasteiger partial charge on any atom is -0.335 e. The summed E-state index contributed by atoms with van der Waals surface area (Å²) in [4.78, 5) is 17.8. The number of aryl methyl sites for hydroxylation is 3. The highest BCUT2D eigenvalue weighted by molar-refractivity contribution is 6.30. The summed E-state index contributed by atoms with van der Waals surface area (Å²) in [7, 11) is 1.83. The number of pyridine rings is 1. The van der Waals surface area contributed by atoms with Crippen molar-refractivity contribution in [2.75, 3.05) is 0 Å². The van der Waals surface area contributed by atoms with Crippen molar-refractivity contribution in [3.63, 3.8) is 0 Å². The van der Waals surface area contributed by atoms with Crippen LogP contribution in [0.1, 0.15) is 27.0 Å². The molecule has 5 heteroatoms. The summed E-state index contributed by atoms with van der Waals surface area (Å²) in [6.45, 7) is 3.41. The maximum Gasteiger partial charge on any atom is 0.198 e. The van der Waals surface area contributed by atoms with Gasteiger partial charge in [-0.05, 0) is 48.7 Å². The average molecular weight is 393 g/mol. The van der Waals surface area contributed by atoms with Crippen LogP contribution < -0.4 is 0 Å². The topological polar surface area (TPSA) is 34.9 Å². The van der Waals surface area contributed by atoms with Gasteiger partial charge in [-0.2, -0.15) is 0 Å². The zero-order chi connectivity index (χ0) is 20.0. The number of ketones is 1. The van der Waals surface area contributed by atoms with Gasteiger partial charge in [0.1, 0.15) is 11.5 Å². The molecule has 2 aromatic carbocycles. The van der Waals surface area contributed by atoms with Crippen LogP contribution >= 0.6 is 11.6 Å². The Labute approximate surface area is 167 Å². The van der Waals surface area contributed by atoms with Crippen LogP contribution in [0.5, 0.6) is 0 Å². The second kappa shape index (κ2) is 6.88. The molecular weight excluding hydrogens is 375 g/mol. The second-order valence-corrected chi connectivity index (χ2v) is 7.41. The highest BCUT2D eigenvalue weighted by Crippen LogP contribution is 2.29. The number of benzene rings is 2. The number of carbonyl (C=O) groups is 1. The molecule has 0 bridgehead atoms. The van der Waals surface area contributed by atoms with Gasteiger partial charge in [-0.25, -0.2) is 9.37 Å². The predicted molar refractivity (Wildman–Crippen MR) is 110 cm³/mol. The Kier molecular flexibility index (Phi) is 4.52. The smallest absolute Gasteiger partial charge is 0.198 e. The Hall–Kier alpha value is -2.98. The first-order valence-corrected chi connectivity index (χ1v) is 9.26. The summed E-state index contributed by atoms with van der Waals surface area (Å²) in [5.74, 6) is -0.803. The molecule has 0 spiro atoms. The SMILES string of the molecule is Cc1ccc(C)c(C(=O)c2cn(C)c3ncc(-c4ccc(Cl)cc4)cc23)c1F. The zero-order valence-corrected chi connectivity index (χ0v) is 16.5. The number of rotatable bonds is 3. The maximum atomic E-state index is 14.7. The van der Waals surface area contributed by atoms with E-state index in [1.165, 1.54) is 0 Å². The van der Waals surface area contributed by atoms with E-state index in [9.17, 15) is 9.18 Å². The van der Waals surface area contributed by atoms with Crippen LogP contribution in [0, 0.1) is 19.7 Å². The van der Waals surface area contributed by atoms with E-state index in [1.807, 2.05) is 37.4 Å². The molecule has 0 amide bonds. The third-order valence-electron chi connectivity index (χ3n) is 5.01. The third kappa shape index (κ3) is 3.00. The van der Waals surface area contributed by atoms with Gasteiger partial charge in [0, 0.05) is 41.0 Å². The van der Waals surface area contributed by atoms with Gasteiger partial charge in [0.25, 0.3) is 0 Å². The number of hydrogen-bond acceptors (Lipinski definition) is 2. The molecule has 0 fully saturated rings. The minimum atomic E-state index is -0.469. The van der Waals surface area contributed by atoms with Crippen molar-refractivity contribution < 1.29 is 9.18 Å². The van der Waals surface area contributed by atoms with Gasteiger partial charge in [-0.3, -0.25) is 4.79 Å². The summed E-state index contributed by atoms with van der Waals surface area (Å²) in [5.41, 5.74) is 4.11. The molecule has 0 aliphatic rings. The quantitative estimate of drug-likeness (QED) is 0.408. The van der Waals surface area contributed by atoms with Crippen LogP contribution in [0.3, 0.4) is 0 Å². The molecule has 140 valence electrons. The third-order valence-corrected chi connectivity index (χ3v) is 5.26. The molecule has 3 nitrogen and oxygen atoms in total. The summed E-state index contributed by atoms with van der Waals surface area (Å²) >= 11 is 5.98. The Bertz CT molecular complexity index is 1230. The first-order valence-electron chi connectivity index (χ1n) is 8.88. The fourth-order valence-corrected chi connectivity index (χ4v) is 3.56. The van der Waals surface area contributed by atoms with E-state index >= 15 is 0 Å². The lowest BCUT2D eigenvalue weighted by Gasteiger charge is -2.08. The molecule has 4 rings (SSSR count). The first-order chi connectivity index (χ1) is 13.4. The monoisotopic (exact) mass is 392 g/mol. The Morgan fingerprint density at radius 1 is 1.04 bits per heavy atom. The molecule has 4 aromatic rings. The molecular formula is C23H18ClFN2O. The normalized spacial score (nSPS) is 11.2. The van der Waals surface area contributed by atoms with Crippen molar-refractivity contribution in [2.45, 2.75) is 13.8 Å². The van der Waals surface area contributed by atoms with E-state index in [-0.39, 0.29) is 11.3 Å². The maximum absolute atomic E-state index is 14.7. The van der Waals surface area contributed by atoms with Crippen molar-refractivity contribution >= 4 is 28.4 Å². The minimum absolute atomic E-state index is 0.115. The molecule has 0 aliphatic carbocycles. The summed E-state index contributed by atoms with van der Waals surface area (Å²) in [6.07, 6.45) is 3.48. The van der Waals surface area contributed by atoms with Gasteiger partial charge >= 0.3 is 0 Å². The summed E-state index contributed by atoms with van der Waals surface area (Å²) < 4.78 is 16.5. The molecule has 0 radical (unpaired) electrons. The van der Waals surface area contributed by atoms with E-state index in [2.05, 4.69) is 4.98 Å². The lowest BCUT2D eigenvalue weighted by atomic mass is 9.96. The van der Waals surface area contributed by atoms with Gasteiger partial charge in [-0.15, -0.1) is 0 Å². The number of carbonyl (C=O) groups excluding carboxylic acids is 1. The van der Waals surface area contributed by atoms with Crippen molar-refractivity contribution in [3.8, 4) is 11.1 Å². The average Bonchev–Trinajstić information content (AvgIpc) is 3.02. The van der Waals surface area contributed by atoms with Crippen molar-refractivity contribution in [1.82, 2.24) is 9.55 Å². The van der Waals surface area contributed by atoms with Gasteiger partial charge in [0.05, 0.1) is 5.56 Å². The van der Waals surface area contributed by atoms with Gasteiger partial charge in [-0.1, -0.05) is 35.9 Å². The molecule has 0 saturated carbocycles. The molecule has 0 saturated heterocycles. The lowest BCUT2D eigenvalue weighted by Crippen LogP contribution is -2.08. The predicted octanol–water partition coefficient (Wildman–Crippen LogP) is 5.88. The number of halogens is 2. The summed E-state index contributed by atoms with van der Waals surface area (Å²) in [6, 6.07) is 12.8. The Balaban J connectivity index is 1.90. The van der Waals surface area contributed by atoms with Crippen LogP contribution in [0.25, 0.3) is 22.2 Å². The molecule has 0 atom stereocenters. The lowest BCUT2D eigenvalue weighted by molar-refractivity contribution is 0.103. The van der Waals surface area contributed by atoms with Crippen LogP contribution in [-0.2, 0) is 7.05 Å². The van der Waals surface area contributed by atoms with Crippen LogP contribution in [0.15, 0.2) is 54.9 Å². The van der Waals surface area contributed by atoms with Crippen LogP contribution in [-0.4, -0.2) is 15.3 Å². The molecule has 2 aromatic heterocycles. The molecule has 28 heavy (non-hydrogen) atoms. The number of nitrogens with zero attached hydrogens (tertiary/aromatic N) is 2. The van der Waals surface area contributed by atoms with E-state index < -0.39 is 5.82 Å². The number of fused-ring (bicyclic) bond motifs is 1. The van der Waals surface area contributed by atoms with Gasteiger partial charge < -0.3 is 4.57 Å². The van der Waals surface area contributed by atoms with Crippen molar-refractivity contribution in [1.29, 1.82) is 0 Å². The van der Waals surface area contributed by atoms with Crippen molar-refractivity contribution in [2.24, 2.45) is 7.05 Å². The molecule has 0 N–H and O–H groups in total. The molecule has 0 aliphatic heterocycles. The molecule has 2 heterocycles. The standard InChI is InChI=1S/C23H18ClFN2O/c1-13-4-5-14(2)21(25)20(13)22(28)19-12-27(3)23-18(19)10-16(11-26-23)15-6-8-17(24)9-7-15/h4-12H,1-3H3. The van der Waals surface area contributed by atoms with Crippen molar-refractivity contribution in [3.05, 3.63) is 88.0 Å². The highest BCUT2D eigenvalue weighted by Gasteiger charge is 2.22.